The number of hydrogen-bond donors (Lipinski definition) is 4. The lowest BCUT2D eigenvalue weighted by Gasteiger charge is -2.35. The van der Waals surface area contributed by atoms with E-state index in [1.807, 2.05) is 5.32 Å². The van der Waals surface area contributed by atoms with E-state index in [1.54, 1.807) is 30.3 Å². The van der Waals surface area contributed by atoms with Gasteiger partial charge in [0.2, 0.25) is 5.91 Å². The van der Waals surface area contributed by atoms with E-state index in [0.29, 0.717) is 14.8 Å². The minimum atomic E-state index is -5.17. The second-order valence-electron chi connectivity index (χ2n) is 12.3. The number of aliphatic carboxylic acids is 1. The Morgan fingerprint density at radius 1 is 1.02 bits per heavy atom. The van der Waals surface area contributed by atoms with Gasteiger partial charge in [0, 0.05) is 18.4 Å². The fourth-order valence-electron chi connectivity index (χ4n) is 5.68. The van der Waals surface area contributed by atoms with Crippen LogP contribution in [0.1, 0.15) is 46.1 Å². The Hall–Kier alpha value is -4.64. The lowest BCUT2D eigenvalue weighted by atomic mass is 9.82. The van der Waals surface area contributed by atoms with Crippen molar-refractivity contribution in [2.45, 2.75) is 84.0 Å². The van der Waals surface area contributed by atoms with Crippen LogP contribution in [0.5, 0.6) is 0 Å². The SMILES string of the molecule is CC(C)[C@@H](C(=O)C(F)(F)F)N1CCC[C@H]1C(=O)NC(=O)[C@](N)(C(=O)Cn1c(=O)c(CNc2ccccc2)cn(CC(=O)O)c1=O)C(C)C. The molecule has 1 aliphatic rings. The Balaban J connectivity index is 1.92. The first kappa shape index (κ1) is 37.8. The normalized spacial score (nSPS) is 17.2. The van der Waals surface area contributed by atoms with Gasteiger partial charge in [-0.25, -0.2) is 4.79 Å². The summed E-state index contributed by atoms with van der Waals surface area (Å²) in [6.07, 6.45) is -3.86. The molecule has 262 valence electrons. The van der Waals surface area contributed by atoms with Gasteiger partial charge >= 0.3 is 17.8 Å². The molecule has 2 amide bonds. The number of carboxylic acids is 1. The van der Waals surface area contributed by atoms with E-state index in [1.165, 1.54) is 27.7 Å². The molecular weight excluding hydrogens is 641 g/mol. The highest BCUT2D eigenvalue weighted by molar-refractivity contribution is 6.15. The smallest absolute Gasteiger partial charge is 0.451 e. The summed E-state index contributed by atoms with van der Waals surface area (Å²) in [6.45, 7) is 3.40. The third-order valence-corrected chi connectivity index (χ3v) is 8.29. The van der Waals surface area contributed by atoms with Crippen LogP contribution in [0.25, 0.3) is 0 Å². The molecule has 1 aliphatic heterocycles. The van der Waals surface area contributed by atoms with E-state index < -0.39 is 89.3 Å². The molecule has 1 fully saturated rings. The highest BCUT2D eigenvalue weighted by atomic mass is 19.4. The third kappa shape index (κ3) is 8.25. The number of para-hydroxylation sites is 1. The Labute approximate surface area is 273 Å². The molecule has 2 aromatic rings. The average molecular weight is 681 g/mol. The second kappa shape index (κ2) is 15.1. The molecule has 48 heavy (non-hydrogen) atoms. The van der Waals surface area contributed by atoms with Crippen molar-refractivity contribution in [3.63, 3.8) is 0 Å². The van der Waals surface area contributed by atoms with E-state index in [9.17, 15) is 51.8 Å². The van der Waals surface area contributed by atoms with Gasteiger partial charge in [0.1, 0.15) is 6.54 Å². The third-order valence-electron chi connectivity index (χ3n) is 8.29. The Bertz CT molecular complexity index is 1670. The average Bonchev–Trinajstić information content (AvgIpc) is 3.48. The van der Waals surface area contributed by atoms with Crippen LogP contribution < -0.4 is 27.6 Å². The van der Waals surface area contributed by atoms with Crippen LogP contribution in [0.15, 0.2) is 46.1 Å². The number of carboxylic acid groups (broad SMARTS) is 1. The molecule has 0 radical (unpaired) electrons. The maximum Gasteiger partial charge on any atom is 0.451 e. The zero-order chi connectivity index (χ0) is 36.1. The number of amides is 2. The van der Waals surface area contributed by atoms with Gasteiger partial charge in [0.05, 0.1) is 24.2 Å². The van der Waals surface area contributed by atoms with E-state index >= 15 is 0 Å². The number of ketones is 2. The Morgan fingerprint density at radius 3 is 2.19 bits per heavy atom. The van der Waals surface area contributed by atoms with Crippen molar-refractivity contribution in [1.82, 2.24) is 19.4 Å². The van der Waals surface area contributed by atoms with E-state index in [4.69, 9.17) is 5.73 Å². The molecule has 3 rings (SSSR count). The number of nitrogens with two attached hydrogens (primary N) is 1. The molecule has 3 atom stereocenters. The number of aromatic nitrogens is 2. The Kier molecular flexibility index (Phi) is 11.9. The van der Waals surface area contributed by atoms with Crippen LogP contribution >= 0.6 is 0 Å². The van der Waals surface area contributed by atoms with Gasteiger partial charge in [-0.05, 0) is 43.4 Å². The highest BCUT2D eigenvalue weighted by Gasteiger charge is 2.51. The monoisotopic (exact) mass is 680 g/mol. The fraction of sp³-hybridized carbons (Fsp3) is 0.516. The van der Waals surface area contributed by atoms with Gasteiger partial charge < -0.3 is 16.2 Å². The van der Waals surface area contributed by atoms with Crippen molar-refractivity contribution in [2.24, 2.45) is 17.6 Å². The molecule has 14 nitrogen and oxygen atoms in total. The minimum absolute atomic E-state index is 0.0169. The topological polar surface area (TPSA) is 203 Å². The van der Waals surface area contributed by atoms with E-state index in [2.05, 4.69) is 5.32 Å². The molecule has 2 heterocycles. The molecule has 5 N–H and O–H groups in total. The summed E-state index contributed by atoms with van der Waals surface area (Å²) in [6, 6.07) is 5.58. The van der Waals surface area contributed by atoms with Crippen molar-refractivity contribution in [3.05, 3.63) is 62.9 Å². The van der Waals surface area contributed by atoms with Gasteiger partial charge in [-0.3, -0.25) is 48.1 Å². The highest BCUT2D eigenvalue weighted by Crippen LogP contribution is 2.30. The van der Waals surface area contributed by atoms with Crippen LogP contribution in [-0.2, 0) is 43.6 Å². The van der Waals surface area contributed by atoms with Crippen molar-refractivity contribution in [2.75, 3.05) is 11.9 Å². The standard InChI is InChI=1S/C31H39F3N6O8/c1-17(2)24(25(44)31(32,33)34)39-12-8-11-21(39)26(45)37-28(47)30(35,18(3)4)22(41)15-40-27(46)19(13-36-20-9-6-5-7-10-20)14-38(29(40)48)16-23(42)43/h5-7,9-10,14,17-18,21,24,36H,8,11-13,15-16,35H2,1-4H3,(H,42,43)(H,37,45,47)/t21-,24-,30+/m0/s1. The number of carbonyl (C=O) groups is 5. The number of anilines is 1. The summed E-state index contributed by atoms with van der Waals surface area (Å²) in [4.78, 5) is 91.8. The predicted molar refractivity (Wildman–Crippen MR) is 166 cm³/mol. The first-order valence-corrected chi connectivity index (χ1v) is 15.2. The van der Waals surface area contributed by atoms with Gasteiger partial charge in [0.15, 0.2) is 11.3 Å². The summed E-state index contributed by atoms with van der Waals surface area (Å²) < 4.78 is 41.3. The van der Waals surface area contributed by atoms with Crippen molar-refractivity contribution in [1.29, 1.82) is 0 Å². The van der Waals surface area contributed by atoms with Crippen LogP contribution in [0, 0.1) is 11.8 Å². The molecule has 1 aromatic heterocycles. The number of hydrogen-bond acceptors (Lipinski definition) is 10. The first-order valence-electron chi connectivity index (χ1n) is 15.2. The molecule has 1 aromatic carbocycles. The van der Waals surface area contributed by atoms with E-state index in [0.717, 1.165) is 11.1 Å². The lowest BCUT2D eigenvalue weighted by molar-refractivity contribution is -0.179. The van der Waals surface area contributed by atoms with Crippen molar-refractivity contribution < 1.29 is 42.3 Å². The molecular formula is C31H39F3N6O8. The van der Waals surface area contributed by atoms with Crippen molar-refractivity contribution >= 4 is 35.0 Å². The first-order chi connectivity index (χ1) is 22.3. The minimum Gasteiger partial charge on any atom is -0.480 e. The number of carbonyl (C=O) groups excluding carboxylic acids is 4. The van der Waals surface area contributed by atoms with Gasteiger partial charge in [-0.1, -0.05) is 45.9 Å². The molecule has 0 bridgehead atoms. The largest absolute Gasteiger partial charge is 0.480 e. The lowest BCUT2D eigenvalue weighted by Crippen LogP contribution is -2.66. The molecule has 1 saturated heterocycles. The van der Waals surface area contributed by atoms with Crippen LogP contribution in [-0.4, -0.2) is 78.8 Å². The molecule has 17 heteroatoms. The van der Waals surface area contributed by atoms with Crippen LogP contribution in [0.2, 0.25) is 0 Å². The van der Waals surface area contributed by atoms with E-state index in [-0.39, 0.29) is 31.5 Å². The number of nitrogens with zero attached hydrogens (tertiary/aromatic N) is 3. The number of rotatable bonds is 14. The molecule has 0 spiro atoms. The molecule has 0 unspecified atom stereocenters. The van der Waals surface area contributed by atoms with Gasteiger partial charge in [0.25, 0.3) is 17.2 Å². The summed E-state index contributed by atoms with van der Waals surface area (Å²) in [5, 5.41) is 14.3. The number of Topliss-reactive ketones (excluding diaryl/α,β-unsaturated/α-hetero) is 2. The predicted octanol–water partition coefficient (Wildman–Crippen LogP) is 0.893. The number of imide groups is 1. The number of likely N-dealkylation sites (tertiary alicyclic amines) is 1. The summed E-state index contributed by atoms with van der Waals surface area (Å²) in [5.41, 5.74) is 2.15. The van der Waals surface area contributed by atoms with Crippen LogP contribution in [0.3, 0.4) is 0 Å². The maximum absolute atomic E-state index is 13.7. The summed E-state index contributed by atoms with van der Waals surface area (Å²) >= 11 is 0. The number of halogens is 3. The van der Waals surface area contributed by atoms with Gasteiger partial charge in [-0.15, -0.1) is 0 Å². The molecule has 0 aliphatic carbocycles. The van der Waals surface area contributed by atoms with Crippen molar-refractivity contribution in [3.8, 4) is 0 Å². The maximum atomic E-state index is 13.7. The fourth-order valence-corrected chi connectivity index (χ4v) is 5.68. The number of nitrogens with one attached hydrogen (secondary N) is 2. The van der Waals surface area contributed by atoms with Gasteiger partial charge in [-0.2, -0.15) is 13.2 Å². The quantitative estimate of drug-likeness (QED) is 0.207. The summed E-state index contributed by atoms with van der Waals surface area (Å²) in [5.74, 6) is -8.90. The second-order valence-corrected chi connectivity index (χ2v) is 12.3. The zero-order valence-corrected chi connectivity index (χ0v) is 26.9. The Morgan fingerprint density at radius 2 is 1.65 bits per heavy atom. The van der Waals surface area contributed by atoms with Crippen LogP contribution in [0.4, 0.5) is 18.9 Å². The summed E-state index contributed by atoms with van der Waals surface area (Å²) in [7, 11) is 0. The number of alkyl halides is 3. The number of benzene rings is 1. The molecule has 0 saturated carbocycles. The zero-order valence-electron chi connectivity index (χ0n) is 26.9.